The Morgan fingerprint density at radius 1 is 1.35 bits per heavy atom. The molecule has 20 heavy (non-hydrogen) atoms. The monoisotopic (exact) mass is 312 g/mol. The van der Waals surface area contributed by atoms with Gasteiger partial charge < -0.3 is 5.32 Å². The van der Waals surface area contributed by atoms with Crippen LogP contribution in [0.15, 0.2) is 28.7 Å². The van der Waals surface area contributed by atoms with E-state index in [0.29, 0.717) is 10.3 Å². The normalized spacial score (nSPS) is 15.6. The molecule has 0 aliphatic heterocycles. The minimum absolute atomic E-state index is 0.242. The summed E-state index contributed by atoms with van der Waals surface area (Å²) in [5.41, 5.74) is 0.806. The maximum atomic E-state index is 12.1. The molecule has 0 aromatic carbocycles. The second kappa shape index (κ2) is 5.65. The van der Waals surface area contributed by atoms with Gasteiger partial charge in [-0.05, 0) is 25.0 Å². The Labute approximate surface area is 121 Å². The molecule has 2 aromatic rings. The van der Waals surface area contributed by atoms with Gasteiger partial charge in [-0.1, -0.05) is 0 Å². The summed E-state index contributed by atoms with van der Waals surface area (Å²) in [4.78, 5) is 1.04. The molecule has 1 fully saturated rings. The summed E-state index contributed by atoms with van der Waals surface area (Å²) < 4.78 is 27.2. The summed E-state index contributed by atoms with van der Waals surface area (Å²) in [7, 11) is -3.44. The molecule has 0 spiro atoms. The molecule has 0 amide bonds. The molecule has 0 saturated heterocycles. The van der Waals surface area contributed by atoms with Crippen molar-refractivity contribution in [1.29, 1.82) is 0 Å². The Morgan fingerprint density at radius 3 is 2.90 bits per heavy atom. The van der Waals surface area contributed by atoms with Crippen molar-refractivity contribution < 1.29 is 8.42 Å². The van der Waals surface area contributed by atoms with E-state index >= 15 is 0 Å². The van der Waals surface area contributed by atoms with E-state index in [2.05, 4.69) is 20.2 Å². The number of thiophene rings is 1. The fourth-order valence-electron chi connectivity index (χ4n) is 1.75. The number of rotatable bonds is 7. The van der Waals surface area contributed by atoms with Crippen LogP contribution >= 0.6 is 11.3 Å². The van der Waals surface area contributed by atoms with Crippen LogP contribution in [0.5, 0.6) is 0 Å². The van der Waals surface area contributed by atoms with E-state index in [-0.39, 0.29) is 6.54 Å². The fourth-order valence-corrected chi connectivity index (χ4v) is 4.12. The summed E-state index contributed by atoms with van der Waals surface area (Å²) in [6.07, 6.45) is 5.72. The predicted molar refractivity (Wildman–Crippen MR) is 76.8 cm³/mol. The number of nitrogens with zero attached hydrogens (tertiary/aromatic N) is 1. The van der Waals surface area contributed by atoms with Gasteiger partial charge >= 0.3 is 0 Å². The number of aromatic amines is 1. The van der Waals surface area contributed by atoms with E-state index < -0.39 is 10.0 Å². The summed E-state index contributed by atoms with van der Waals surface area (Å²) >= 11 is 1.31. The number of nitrogens with one attached hydrogen (secondary N) is 3. The van der Waals surface area contributed by atoms with Gasteiger partial charge in [-0.25, -0.2) is 13.1 Å². The van der Waals surface area contributed by atoms with Crippen molar-refractivity contribution in [2.45, 2.75) is 36.2 Å². The van der Waals surface area contributed by atoms with E-state index in [1.165, 1.54) is 24.2 Å². The Bertz CT molecular complexity index is 659. The van der Waals surface area contributed by atoms with Crippen molar-refractivity contribution in [3.05, 3.63) is 35.0 Å². The SMILES string of the molecule is O=S(=O)(NCc1cn[nH]c1)c1ccc(CNC2CC2)s1. The van der Waals surface area contributed by atoms with Crippen molar-refractivity contribution in [2.24, 2.45) is 0 Å². The quantitative estimate of drug-likeness (QED) is 0.717. The summed E-state index contributed by atoms with van der Waals surface area (Å²) in [5, 5.41) is 9.81. The van der Waals surface area contributed by atoms with E-state index in [1.807, 2.05) is 6.07 Å². The largest absolute Gasteiger partial charge is 0.309 e. The molecule has 3 rings (SSSR count). The lowest BCUT2D eigenvalue weighted by Gasteiger charge is -2.02. The van der Waals surface area contributed by atoms with Crippen LogP contribution in [0.1, 0.15) is 23.3 Å². The predicted octanol–water partition coefficient (Wildman–Crippen LogP) is 1.20. The van der Waals surface area contributed by atoms with Gasteiger partial charge in [-0.3, -0.25) is 5.10 Å². The standard InChI is InChI=1S/C12H16N4O2S2/c17-20(18,16-7-9-5-14-15-6-9)12-4-3-11(19-12)8-13-10-1-2-10/h3-6,10,13,16H,1-2,7-8H2,(H,14,15). The molecule has 0 atom stereocenters. The summed E-state index contributed by atoms with van der Waals surface area (Å²) in [6, 6.07) is 4.15. The van der Waals surface area contributed by atoms with Gasteiger partial charge in [0, 0.05) is 35.8 Å². The molecule has 0 radical (unpaired) electrons. The minimum Gasteiger partial charge on any atom is -0.309 e. The van der Waals surface area contributed by atoms with Crippen molar-refractivity contribution >= 4 is 21.4 Å². The molecule has 1 aliphatic rings. The molecule has 1 aliphatic carbocycles. The van der Waals surface area contributed by atoms with E-state index in [1.54, 1.807) is 18.5 Å². The molecule has 6 nitrogen and oxygen atoms in total. The Hall–Kier alpha value is -1.22. The van der Waals surface area contributed by atoms with Crippen LogP contribution in [0.4, 0.5) is 0 Å². The van der Waals surface area contributed by atoms with Crippen LogP contribution in [0.25, 0.3) is 0 Å². The van der Waals surface area contributed by atoms with Crippen LogP contribution in [0, 0.1) is 0 Å². The Kier molecular flexibility index (Phi) is 3.88. The molecule has 108 valence electrons. The first-order valence-electron chi connectivity index (χ1n) is 6.43. The van der Waals surface area contributed by atoms with Gasteiger partial charge in [0.2, 0.25) is 10.0 Å². The summed E-state index contributed by atoms with van der Waals surface area (Å²) in [5.74, 6) is 0. The molecule has 0 unspecified atom stereocenters. The number of hydrogen-bond acceptors (Lipinski definition) is 5. The molecule has 8 heteroatoms. The average Bonchev–Trinajstić information content (AvgIpc) is 2.94. The second-order valence-electron chi connectivity index (χ2n) is 4.81. The van der Waals surface area contributed by atoms with Crippen molar-refractivity contribution in [3.8, 4) is 0 Å². The van der Waals surface area contributed by atoms with Gasteiger partial charge in [-0.15, -0.1) is 11.3 Å². The van der Waals surface area contributed by atoms with E-state index in [9.17, 15) is 8.42 Å². The van der Waals surface area contributed by atoms with Gasteiger partial charge in [0.25, 0.3) is 0 Å². The zero-order valence-electron chi connectivity index (χ0n) is 10.8. The van der Waals surface area contributed by atoms with Crippen LogP contribution in [0.2, 0.25) is 0 Å². The van der Waals surface area contributed by atoms with Gasteiger partial charge in [0.05, 0.1) is 6.20 Å². The van der Waals surface area contributed by atoms with Crippen molar-refractivity contribution in [1.82, 2.24) is 20.2 Å². The highest BCUT2D eigenvalue weighted by molar-refractivity contribution is 7.91. The number of hydrogen-bond donors (Lipinski definition) is 3. The van der Waals surface area contributed by atoms with Crippen LogP contribution in [0.3, 0.4) is 0 Å². The number of sulfonamides is 1. The minimum atomic E-state index is -3.44. The lowest BCUT2D eigenvalue weighted by atomic mass is 10.4. The van der Waals surface area contributed by atoms with Crippen LogP contribution in [-0.4, -0.2) is 24.7 Å². The lowest BCUT2D eigenvalue weighted by Crippen LogP contribution is -2.22. The van der Waals surface area contributed by atoms with Gasteiger partial charge in [-0.2, -0.15) is 5.10 Å². The van der Waals surface area contributed by atoms with Crippen LogP contribution in [-0.2, 0) is 23.1 Å². The maximum Gasteiger partial charge on any atom is 0.250 e. The molecular formula is C12H16N4O2S2. The fraction of sp³-hybridized carbons (Fsp3) is 0.417. The topological polar surface area (TPSA) is 86.9 Å². The highest BCUT2D eigenvalue weighted by Crippen LogP contribution is 2.24. The zero-order valence-corrected chi connectivity index (χ0v) is 12.4. The Balaban J connectivity index is 1.61. The zero-order chi connectivity index (χ0) is 14.0. The van der Waals surface area contributed by atoms with E-state index in [4.69, 9.17) is 0 Å². The van der Waals surface area contributed by atoms with Crippen molar-refractivity contribution in [2.75, 3.05) is 0 Å². The average molecular weight is 312 g/mol. The number of aromatic nitrogens is 2. The number of H-pyrrole nitrogens is 1. The van der Waals surface area contributed by atoms with Crippen LogP contribution < -0.4 is 10.0 Å². The first kappa shape index (κ1) is 13.7. The van der Waals surface area contributed by atoms with Crippen molar-refractivity contribution in [3.63, 3.8) is 0 Å². The third-order valence-corrected chi connectivity index (χ3v) is 6.04. The third-order valence-electron chi connectivity index (χ3n) is 3.07. The molecule has 0 bridgehead atoms. The molecule has 2 heterocycles. The highest BCUT2D eigenvalue weighted by atomic mass is 32.2. The molecule has 1 saturated carbocycles. The molecule has 3 N–H and O–H groups in total. The second-order valence-corrected chi connectivity index (χ2v) is 7.97. The summed E-state index contributed by atoms with van der Waals surface area (Å²) in [6.45, 7) is 0.985. The molecule has 2 aromatic heterocycles. The third kappa shape index (κ3) is 3.45. The Morgan fingerprint density at radius 2 is 2.20 bits per heavy atom. The first-order valence-corrected chi connectivity index (χ1v) is 8.73. The van der Waals surface area contributed by atoms with Gasteiger partial charge in [0.1, 0.15) is 4.21 Å². The highest BCUT2D eigenvalue weighted by Gasteiger charge is 2.21. The lowest BCUT2D eigenvalue weighted by molar-refractivity contribution is 0.583. The van der Waals surface area contributed by atoms with Gasteiger partial charge in [0.15, 0.2) is 0 Å². The molecular weight excluding hydrogens is 296 g/mol. The maximum absolute atomic E-state index is 12.1. The smallest absolute Gasteiger partial charge is 0.250 e. The first-order chi connectivity index (χ1) is 9.63. The van der Waals surface area contributed by atoms with E-state index in [0.717, 1.165) is 17.0 Å².